The van der Waals surface area contributed by atoms with Crippen LogP contribution in [-0.2, 0) is 9.31 Å². The normalized spacial score (nSPS) is 19.0. The smallest absolute Gasteiger partial charge is 0.399 e. The van der Waals surface area contributed by atoms with Crippen LogP contribution in [0, 0.1) is 0 Å². The Labute approximate surface area is 146 Å². The van der Waals surface area contributed by atoms with Gasteiger partial charge < -0.3 is 9.31 Å². The van der Waals surface area contributed by atoms with Gasteiger partial charge in [0.1, 0.15) is 11.8 Å². The van der Waals surface area contributed by atoms with E-state index < -0.39 is 7.12 Å². The van der Waals surface area contributed by atoms with E-state index in [0.717, 1.165) is 16.2 Å². The third-order valence-corrected chi connectivity index (χ3v) is 5.26. The van der Waals surface area contributed by atoms with Gasteiger partial charge in [0.05, 0.1) is 11.2 Å². The summed E-state index contributed by atoms with van der Waals surface area (Å²) in [6.45, 7) is 9.64. The molecule has 0 aliphatic carbocycles. The largest absolute Gasteiger partial charge is 0.494 e. The van der Waals surface area contributed by atoms with Crippen LogP contribution >= 0.6 is 0 Å². The zero-order valence-corrected chi connectivity index (χ0v) is 15.0. The third-order valence-electron chi connectivity index (χ3n) is 5.26. The van der Waals surface area contributed by atoms with Gasteiger partial charge in [0.2, 0.25) is 5.91 Å². The summed E-state index contributed by atoms with van der Waals surface area (Å²) in [6, 6.07) is 5.98. The number of benzene rings is 1. The van der Waals surface area contributed by atoms with Crippen molar-refractivity contribution in [2.75, 3.05) is 0 Å². The van der Waals surface area contributed by atoms with E-state index >= 15 is 0 Å². The molecular weight excluding hydrogens is 317 g/mol. The maximum absolute atomic E-state index is 11.7. The molecule has 0 N–H and O–H groups in total. The predicted molar refractivity (Wildman–Crippen MR) is 97.1 cm³/mol. The zero-order chi connectivity index (χ0) is 18.0. The summed E-state index contributed by atoms with van der Waals surface area (Å²) < 4.78 is 13.7. The van der Waals surface area contributed by atoms with Crippen LogP contribution in [-0.4, -0.2) is 38.8 Å². The summed E-state index contributed by atoms with van der Waals surface area (Å²) in [5.41, 5.74) is 1.47. The van der Waals surface area contributed by atoms with E-state index in [4.69, 9.17) is 9.31 Å². The van der Waals surface area contributed by atoms with Crippen LogP contribution in [0.4, 0.5) is 0 Å². The van der Waals surface area contributed by atoms with Crippen molar-refractivity contribution in [2.24, 2.45) is 0 Å². The lowest BCUT2D eigenvalue weighted by Gasteiger charge is -2.32. The zero-order valence-electron chi connectivity index (χ0n) is 15.0. The first kappa shape index (κ1) is 16.2. The molecule has 0 unspecified atom stereocenters. The van der Waals surface area contributed by atoms with Gasteiger partial charge in [-0.15, -0.1) is 0 Å². The Hall–Kier alpha value is -2.25. The minimum absolute atomic E-state index is 0.108. The van der Waals surface area contributed by atoms with Crippen molar-refractivity contribution in [3.8, 4) is 0 Å². The Morgan fingerprint density at radius 2 is 1.80 bits per heavy atom. The first-order valence-corrected chi connectivity index (χ1v) is 8.32. The second-order valence-corrected chi connectivity index (χ2v) is 7.50. The Kier molecular flexibility index (Phi) is 3.33. The molecule has 4 rings (SSSR count). The summed E-state index contributed by atoms with van der Waals surface area (Å²) in [6.07, 6.45) is 3.27. The van der Waals surface area contributed by atoms with Crippen molar-refractivity contribution in [3.63, 3.8) is 0 Å². The van der Waals surface area contributed by atoms with E-state index in [1.807, 2.05) is 45.9 Å². The Morgan fingerprint density at radius 1 is 1.12 bits per heavy atom. The summed E-state index contributed by atoms with van der Waals surface area (Å²) in [7, 11) is -0.417. The standard InChI is InChI=1S/C18H20BN3O3/c1-11(23)22-10-21-15-14-7-6-13(8-12(14)9-20-16(15)22)19-24-17(2,3)18(4,5)25-19/h6-10H,1-5H3. The summed E-state index contributed by atoms with van der Waals surface area (Å²) in [5, 5.41) is 1.89. The molecule has 0 amide bonds. The van der Waals surface area contributed by atoms with Crippen LogP contribution in [0.2, 0.25) is 0 Å². The molecule has 1 aliphatic rings. The molecule has 25 heavy (non-hydrogen) atoms. The molecule has 1 aliphatic heterocycles. The van der Waals surface area contributed by atoms with Gasteiger partial charge in [-0.2, -0.15) is 0 Å². The molecule has 7 heteroatoms. The molecule has 0 spiro atoms. The first-order valence-electron chi connectivity index (χ1n) is 8.32. The average Bonchev–Trinajstić information content (AvgIpc) is 3.05. The van der Waals surface area contributed by atoms with Gasteiger partial charge in [-0.3, -0.25) is 9.36 Å². The number of imidazole rings is 1. The maximum Gasteiger partial charge on any atom is 0.494 e. The average molecular weight is 337 g/mol. The van der Waals surface area contributed by atoms with Gasteiger partial charge in [0.15, 0.2) is 5.65 Å². The molecule has 3 heterocycles. The number of fused-ring (bicyclic) bond motifs is 3. The van der Waals surface area contributed by atoms with Crippen LogP contribution in [0.5, 0.6) is 0 Å². The van der Waals surface area contributed by atoms with Gasteiger partial charge in [-0.05, 0) is 33.2 Å². The lowest BCUT2D eigenvalue weighted by molar-refractivity contribution is 0.00578. The summed E-state index contributed by atoms with van der Waals surface area (Å²) in [5.74, 6) is -0.108. The summed E-state index contributed by atoms with van der Waals surface area (Å²) >= 11 is 0. The minimum atomic E-state index is -0.417. The van der Waals surface area contributed by atoms with E-state index in [1.165, 1.54) is 17.8 Å². The molecular formula is C18H20BN3O3. The fourth-order valence-corrected chi connectivity index (χ4v) is 3.05. The van der Waals surface area contributed by atoms with Crippen LogP contribution < -0.4 is 5.46 Å². The van der Waals surface area contributed by atoms with Crippen molar-refractivity contribution >= 4 is 40.4 Å². The SMILES string of the molecule is CC(=O)n1cnc2c3ccc(B4OC(C)(C)C(C)(C)O4)cc3cnc21. The maximum atomic E-state index is 11.7. The molecule has 1 saturated heterocycles. The van der Waals surface area contributed by atoms with Gasteiger partial charge in [-0.1, -0.05) is 18.2 Å². The van der Waals surface area contributed by atoms with Crippen molar-refractivity contribution < 1.29 is 14.1 Å². The lowest BCUT2D eigenvalue weighted by Crippen LogP contribution is -2.41. The molecule has 1 aromatic carbocycles. The Balaban J connectivity index is 1.80. The fraction of sp³-hybridized carbons (Fsp3) is 0.389. The van der Waals surface area contributed by atoms with E-state index in [2.05, 4.69) is 9.97 Å². The number of hydrogen-bond acceptors (Lipinski definition) is 5. The molecule has 0 atom stereocenters. The van der Waals surface area contributed by atoms with E-state index in [-0.39, 0.29) is 17.1 Å². The van der Waals surface area contributed by atoms with Crippen molar-refractivity contribution in [1.82, 2.24) is 14.5 Å². The highest BCUT2D eigenvalue weighted by Gasteiger charge is 2.51. The third kappa shape index (κ3) is 2.38. The van der Waals surface area contributed by atoms with Crippen molar-refractivity contribution in [3.05, 3.63) is 30.7 Å². The second kappa shape index (κ2) is 5.13. The van der Waals surface area contributed by atoms with Crippen molar-refractivity contribution in [1.29, 1.82) is 0 Å². The second-order valence-electron chi connectivity index (χ2n) is 7.50. The van der Waals surface area contributed by atoms with Gasteiger partial charge in [0.25, 0.3) is 0 Å². The van der Waals surface area contributed by atoms with Crippen LogP contribution in [0.1, 0.15) is 39.4 Å². The molecule has 0 saturated carbocycles. The summed E-state index contributed by atoms with van der Waals surface area (Å²) in [4.78, 5) is 20.4. The molecule has 0 radical (unpaired) electrons. The molecule has 1 fully saturated rings. The highest BCUT2D eigenvalue weighted by Crippen LogP contribution is 2.36. The lowest BCUT2D eigenvalue weighted by atomic mass is 9.78. The Morgan fingerprint density at radius 3 is 2.44 bits per heavy atom. The Bertz CT molecular complexity index is 993. The number of hydrogen-bond donors (Lipinski definition) is 0. The van der Waals surface area contributed by atoms with Crippen LogP contribution in [0.3, 0.4) is 0 Å². The molecule has 3 aromatic rings. The van der Waals surface area contributed by atoms with Crippen LogP contribution in [0.25, 0.3) is 21.9 Å². The minimum Gasteiger partial charge on any atom is -0.399 e. The predicted octanol–water partition coefficient (Wildman–Crippen LogP) is 2.54. The van der Waals surface area contributed by atoms with E-state index in [0.29, 0.717) is 11.2 Å². The highest BCUT2D eigenvalue weighted by molar-refractivity contribution is 6.62. The number of nitrogens with zero attached hydrogens (tertiary/aromatic N) is 3. The number of aromatic nitrogens is 3. The van der Waals surface area contributed by atoms with E-state index in [1.54, 1.807) is 6.20 Å². The van der Waals surface area contributed by atoms with Gasteiger partial charge >= 0.3 is 7.12 Å². The molecule has 2 aromatic heterocycles. The van der Waals surface area contributed by atoms with Gasteiger partial charge in [0, 0.05) is 23.9 Å². The highest BCUT2D eigenvalue weighted by atomic mass is 16.7. The topological polar surface area (TPSA) is 66.2 Å². The quantitative estimate of drug-likeness (QED) is 0.639. The number of rotatable bonds is 1. The van der Waals surface area contributed by atoms with Crippen LogP contribution in [0.15, 0.2) is 30.7 Å². The monoisotopic (exact) mass is 337 g/mol. The number of pyridine rings is 1. The van der Waals surface area contributed by atoms with E-state index in [9.17, 15) is 4.79 Å². The van der Waals surface area contributed by atoms with Crippen molar-refractivity contribution in [2.45, 2.75) is 45.8 Å². The van der Waals surface area contributed by atoms with Gasteiger partial charge in [-0.25, -0.2) is 9.97 Å². The molecule has 128 valence electrons. The first-order chi connectivity index (χ1) is 11.7. The molecule has 6 nitrogen and oxygen atoms in total. The number of carbonyl (C=O) groups excluding carboxylic acids is 1. The molecule has 0 bridgehead atoms. The fourth-order valence-electron chi connectivity index (χ4n) is 3.05. The number of carbonyl (C=O) groups is 1.